The lowest BCUT2D eigenvalue weighted by molar-refractivity contribution is 0.146. The third kappa shape index (κ3) is 3.78. The summed E-state index contributed by atoms with van der Waals surface area (Å²) in [5, 5.41) is -0.312. The monoisotopic (exact) mass is 358 g/mol. The molecule has 1 unspecified atom stereocenters. The van der Waals surface area contributed by atoms with Gasteiger partial charge in [-0.05, 0) is 52.7 Å². The molecule has 0 aliphatic rings. The van der Waals surface area contributed by atoms with E-state index in [-0.39, 0.29) is 5.38 Å². The summed E-state index contributed by atoms with van der Waals surface area (Å²) in [6, 6.07) is 9.56. The van der Waals surface area contributed by atoms with Gasteiger partial charge in [0.25, 0.3) is 0 Å². The van der Waals surface area contributed by atoms with Crippen LogP contribution < -0.4 is 4.74 Å². The highest BCUT2D eigenvalue weighted by molar-refractivity contribution is 9.10. The van der Waals surface area contributed by atoms with Crippen molar-refractivity contribution < 1.29 is 13.9 Å². The zero-order chi connectivity index (χ0) is 14.5. The fourth-order valence-electron chi connectivity index (χ4n) is 1.78. The van der Waals surface area contributed by atoms with Crippen molar-refractivity contribution in [1.29, 1.82) is 0 Å². The molecule has 0 saturated heterocycles. The lowest BCUT2D eigenvalue weighted by Gasteiger charge is -2.11. The smallest absolute Gasteiger partial charge is 0.133 e. The Bertz CT molecular complexity index is 568. The van der Waals surface area contributed by atoms with E-state index in [0.717, 1.165) is 27.3 Å². The molecule has 1 heterocycles. The number of rotatable bonds is 6. The molecular weight excluding hydrogens is 344 g/mol. The highest BCUT2D eigenvalue weighted by Crippen LogP contribution is 2.34. The lowest BCUT2D eigenvalue weighted by Crippen LogP contribution is -2.04. The van der Waals surface area contributed by atoms with E-state index in [1.54, 1.807) is 7.11 Å². The molecule has 0 amide bonds. The van der Waals surface area contributed by atoms with Gasteiger partial charge in [-0.2, -0.15) is 0 Å². The first-order chi connectivity index (χ1) is 9.61. The van der Waals surface area contributed by atoms with Crippen LogP contribution in [0, 0.1) is 6.92 Å². The molecule has 1 aromatic heterocycles. The Labute approximate surface area is 132 Å². The van der Waals surface area contributed by atoms with Crippen molar-refractivity contribution in [2.24, 2.45) is 0 Å². The van der Waals surface area contributed by atoms with E-state index in [2.05, 4.69) is 15.9 Å². The Hall–Kier alpha value is -0.970. The average Bonchev–Trinajstić information content (AvgIpc) is 2.86. The molecule has 5 heteroatoms. The first kappa shape index (κ1) is 15.4. The van der Waals surface area contributed by atoms with Crippen LogP contribution in [0.5, 0.6) is 5.75 Å². The SMILES string of the molecule is COCCOc1ccc(C(Cl)c2ccc(C)o2)cc1Br. The van der Waals surface area contributed by atoms with Gasteiger partial charge in [-0.25, -0.2) is 0 Å². The Morgan fingerprint density at radius 2 is 2.05 bits per heavy atom. The maximum absolute atomic E-state index is 6.42. The maximum atomic E-state index is 6.42. The van der Waals surface area contributed by atoms with Crippen LogP contribution in [0.15, 0.2) is 39.2 Å². The minimum absolute atomic E-state index is 0.312. The number of hydrogen-bond acceptors (Lipinski definition) is 3. The number of halogens is 2. The Kier molecular flexibility index (Phi) is 5.52. The first-order valence-electron chi connectivity index (χ1n) is 6.23. The van der Waals surface area contributed by atoms with Crippen molar-refractivity contribution in [1.82, 2.24) is 0 Å². The van der Waals surface area contributed by atoms with Crippen molar-refractivity contribution in [3.05, 3.63) is 51.9 Å². The highest BCUT2D eigenvalue weighted by atomic mass is 79.9. The summed E-state index contributed by atoms with van der Waals surface area (Å²) in [4.78, 5) is 0. The topological polar surface area (TPSA) is 31.6 Å². The molecule has 0 bridgehead atoms. The van der Waals surface area contributed by atoms with Gasteiger partial charge in [0.1, 0.15) is 29.3 Å². The highest BCUT2D eigenvalue weighted by Gasteiger charge is 2.16. The van der Waals surface area contributed by atoms with Gasteiger partial charge in [-0.3, -0.25) is 0 Å². The van der Waals surface area contributed by atoms with Gasteiger partial charge in [0.2, 0.25) is 0 Å². The molecule has 0 spiro atoms. The number of alkyl halides is 1. The standard InChI is InChI=1S/C15H16BrClO3/c1-10-3-5-14(20-10)15(17)11-4-6-13(12(16)9-11)19-8-7-18-2/h3-6,9,15H,7-8H2,1-2H3. The predicted molar refractivity (Wildman–Crippen MR) is 82.7 cm³/mol. The summed E-state index contributed by atoms with van der Waals surface area (Å²) in [6.07, 6.45) is 0. The molecule has 108 valence electrons. The van der Waals surface area contributed by atoms with Gasteiger partial charge in [-0.15, -0.1) is 11.6 Å². The first-order valence-corrected chi connectivity index (χ1v) is 7.46. The van der Waals surface area contributed by atoms with Crippen molar-refractivity contribution in [2.75, 3.05) is 20.3 Å². The zero-order valence-corrected chi connectivity index (χ0v) is 13.7. The van der Waals surface area contributed by atoms with Gasteiger partial charge < -0.3 is 13.9 Å². The number of furan rings is 1. The number of benzene rings is 1. The van der Waals surface area contributed by atoms with Crippen LogP contribution in [0.1, 0.15) is 22.5 Å². The van der Waals surface area contributed by atoms with E-state index >= 15 is 0 Å². The molecule has 0 fully saturated rings. The average molecular weight is 360 g/mol. The fraction of sp³-hybridized carbons (Fsp3) is 0.333. The second-order valence-corrected chi connectivity index (χ2v) is 5.63. The number of methoxy groups -OCH3 is 1. The van der Waals surface area contributed by atoms with E-state index < -0.39 is 0 Å². The van der Waals surface area contributed by atoms with Crippen LogP contribution in [-0.2, 0) is 4.74 Å². The van der Waals surface area contributed by atoms with E-state index in [1.165, 1.54) is 0 Å². The van der Waals surface area contributed by atoms with Crippen LogP contribution in [0.3, 0.4) is 0 Å². The number of ether oxygens (including phenoxy) is 2. The van der Waals surface area contributed by atoms with Crippen LogP contribution in [-0.4, -0.2) is 20.3 Å². The molecule has 2 aromatic rings. The van der Waals surface area contributed by atoms with Crippen LogP contribution >= 0.6 is 27.5 Å². The summed E-state index contributed by atoms with van der Waals surface area (Å²) in [5.41, 5.74) is 0.951. The van der Waals surface area contributed by atoms with Gasteiger partial charge in [-0.1, -0.05) is 6.07 Å². The van der Waals surface area contributed by atoms with E-state index in [4.69, 9.17) is 25.5 Å². The summed E-state index contributed by atoms with van der Waals surface area (Å²) >= 11 is 9.91. The second-order valence-electron chi connectivity index (χ2n) is 4.34. The molecule has 0 radical (unpaired) electrons. The summed E-state index contributed by atoms with van der Waals surface area (Å²) in [5.74, 6) is 2.36. The summed E-state index contributed by atoms with van der Waals surface area (Å²) in [7, 11) is 1.64. The Balaban J connectivity index is 2.12. The third-order valence-electron chi connectivity index (χ3n) is 2.80. The van der Waals surface area contributed by atoms with Gasteiger partial charge in [0.15, 0.2) is 0 Å². The lowest BCUT2D eigenvalue weighted by atomic mass is 10.1. The zero-order valence-electron chi connectivity index (χ0n) is 11.4. The minimum atomic E-state index is -0.312. The summed E-state index contributed by atoms with van der Waals surface area (Å²) in [6.45, 7) is 2.96. The Morgan fingerprint density at radius 1 is 1.25 bits per heavy atom. The third-order valence-corrected chi connectivity index (χ3v) is 3.89. The molecule has 0 aliphatic heterocycles. The van der Waals surface area contributed by atoms with Crippen LogP contribution in [0.4, 0.5) is 0 Å². The second kappa shape index (κ2) is 7.16. The molecule has 2 rings (SSSR count). The molecule has 3 nitrogen and oxygen atoms in total. The van der Waals surface area contributed by atoms with Gasteiger partial charge in [0.05, 0.1) is 11.1 Å². The molecule has 0 N–H and O–H groups in total. The van der Waals surface area contributed by atoms with Crippen LogP contribution in [0.2, 0.25) is 0 Å². The van der Waals surface area contributed by atoms with Crippen molar-refractivity contribution in [2.45, 2.75) is 12.3 Å². The molecule has 0 saturated carbocycles. The van der Waals surface area contributed by atoms with Crippen molar-refractivity contribution in [3.8, 4) is 5.75 Å². The van der Waals surface area contributed by atoms with E-state index in [9.17, 15) is 0 Å². The quantitative estimate of drug-likeness (QED) is 0.553. The minimum Gasteiger partial charge on any atom is -0.490 e. The van der Waals surface area contributed by atoms with E-state index in [1.807, 2.05) is 37.3 Å². The molecular formula is C15H16BrClO3. The maximum Gasteiger partial charge on any atom is 0.133 e. The van der Waals surface area contributed by atoms with Crippen molar-refractivity contribution in [3.63, 3.8) is 0 Å². The summed E-state index contributed by atoms with van der Waals surface area (Å²) < 4.78 is 17.0. The van der Waals surface area contributed by atoms with Crippen LogP contribution in [0.25, 0.3) is 0 Å². The molecule has 0 aliphatic carbocycles. The van der Waals surface area contributed by atoms with Gasteiger partial charge in [0, 0.05) is 7.11 Å². The van der Waals surface area contributed by atoms with E-state index in [0.29, 0.717) is 13.2 Å². The predicted octanol–water partition coefficient (Wildman–Crippen LogP) is 4.70. The normalized spacial score (nSPS) is 12.4. The number of aryl methyl sites for hydroxylation is 1. The Morgan fingerprint density at radius 3 is 2.65 bits per heavy atom. The molecule has 1 aromatic carbocycles. The fourth-order valence-corrected chi connectivity index (χ4v) is 2.54. The van der Waals surface area contributed by atoms with Crippen molar-refractivity contribution >= 4 is 27.5 Å². The number of hydrogen-bond donors (Lipinski definition) is 0. The molecule has 20 heavy (non-hydrogen) atoms. The largest absolute Gasteiger partial charge is 0.490 e. The molecule has 1 atom stereocenters. The van der Waals surface area contributed by atoms with Gasteiger partial charge >= 0.3 is 0 Å².